The normalized spacial score (nSPS) is 14.0. The van der Waals surface area contributed by atoms with Crippen LogP contribution in [0.4, 0.5) is 16.3 Å². The van der Waals surface area contributed by atoms with Crippen molar-refractivity contribution in [1.82, 2.24) is 24.7 Å². The molecule has 0 atom stereocenters. The van der Waals surface area contributed by atoms with E-state index in [1.165, 1.54) is 0 Å². The second-order valence-corrected chi connectivity index (χ2v) is 10.1. The Morgan fingerprint density at radius 3 is 2.64 bits per heavy atom. The van der Waals surface area contributed by atoms with Gasteiger partial charge in [0.15, 0.2) is 17.2 Å². The molecule has 0 saturated carbocycles. The maximum atomic E-state index is 12.3. The van der Waals surface area contributed by atoms with Gasteiger partial charge >= 0.3 is 6.03 Å². The molecule has 1 aliphatic rings. The summed E-state index contributed by atoms with van der Waals surface area (Å²) in [6.45, 7) is 10.8. The van der Waals surface area contributed by atoms with E-state index in [4.69, 9.17) is 14.0 Å². The second kappa shape index (κ2) is 11.6. The van der Waals surface area contributed by atoms with Crippen molar-refractivity contribution < 1.29 is 18.8 Å². The summed E-state index contributed by atoms with van der Waals surface area (Å²) in [4.78, 5) is 19.1. The fourth-order valence-electron chi connectivity index (χ4n) is 3.92. The quantitative estimate of drug-likeness (QED) is 0.363. The lowest BCUT2D eigenvalue weighted by molar-refractivity contribution is 0.0323. The van der Waals surface area contributed by atoms with Crippen molar-refractivity contribution in [3.05, 3.63) is 65.8 Å². The molecule has 1 fully saturated rings. The number of aromatic nitrogens is 4. The molecule has 5 rings (SSSR count). The Morgan fingerprint density at radius 2 is 1.90 bits per heavy atom. The fourth-order valence-corrected chi connectivity index (χ4v) is 3.92. The highest BCUT2D eigenvalue weighted by atomic mass is 16.5. The molecule has 11 nitrogen and oxygen atoms in total. The maximum absolute atomic E-state index is 12.3. The molecule has 0 radical (unpaired) electrons. The molecule has 0 aliphatic carbocycles. The predicted octanol–water partition coefficient (Wildman–Crippen LogP) is 3.77. The number of hydrogen-bond acceptors (Lipinski definition) is 8. The Balaban J connectivity index is 1.18. The van der Waals surface area contributed by atoms with Crippen LogP contribution < -0.4 is 15.4 Å². The molecular weight excluding hydrogens is 498 g/mol. The van der Waals surface area contributed by atoms with Crippen molar-refractivity contribution in [3.8, 4) is 17.6 Å². The Hall–Kier alpha value is -4.40. The maximum Gasteiger partial charge on any atom is 0.324 e. The van der Waals surface area contributed by atoms with Crippen LogP contribution in [0.15, 0.2) is 53.3 Å². The van der Waals surface area contributed by atoms with E-state index in [0.29, 0.717) is 41.0 Å². The number of carbonyl (C=O) groups is 1. The number of nitrogens with one attached hydrogen (secondary N) is 2. The summed E-state index contributed by atoms with van der Waals surface area (Å²) in [7, 11) is 0. The first-order valence-electron chi connectivity index (χ1n) is 12.8. The number of imidazole rings is 1. The lowest BCUT2D eigenvalue weighted by atomic mass is 9.93. The molecule has 1 aliphatic heterocycles. The molecule has 0 spiro atoms. The van der Waals surface area contributed by atoms with Crippen molar-refractivity contribution >= 4 is 23.2 Å². The van der Waals surface area contributed by atoms with Crippen LogP contribution in [0.5, 0.6) is 5.75 Å². The van der Waals surface area contributed by atoms with Gasteiger partial charge in [0.05, 0.1) is 25.6 Å². The van der Waals surface area contributed by atoms with E-state index in [0.717, 1.165) is 38.4 Å². The number of nitrogens with zero attached hydrogens (tertiary/aromatic N) is 5. The third-order valence-electron chi connectivity index (χ3n) is 6.10. The van der Waals surface area contributed by atoms with E-state index in [-0.39, 0.29) is 5.41 Å². The van der Waals surface area contributed by atoms with Gasteiger partial charge in [-0.05, 0) is 30.2 Å². The lowest BCUT2D eigenvalue weighted by Gasteiger charge is -2.26. The second-order valence-electron chi connectivity index (χ2n) is 10.1. The first kappa shape index (κ1) is 26.2. The molecule has 4 aromatic rings. The molecule has 1 aromatic carbocycles. The monoisotopic (exact) mass is 529 g/mol. The SMILES string of the molecule is CC(C)(C)c1cc(NC(=O)Nc2ccc(C#Cc3cnc4c(OCCN5CCOCC5)ccnn34)cc2)no1. The molecule has 2 amide bonds. The smallest absolute Gasteiger partial charge is 0.324 e. The van der Waals surface area contributed by atoms with Gasteiger partial charge in [0.1, 0.15) is 18.1 Å². The molecule has 0 bridgehead atoms. The van der Waals surface area contributed by atoms with Crippen LogP contribution in [-0.2, 0) is 10.2 Å². The van der Waals surface area contributed by atoms with Gasteiger partial charge in [-0.2, -0.15) is 5.10 Å². The number of fused-ring (bicyclic) bond motifs is 1. The van der Waals surface area contributed by atoms with Crippen LogP contribution >= 0.6 is 0 Å². The van der Waals surface area contributed by atoms with Crippen LogP contribution in [0, 0.1) is 11.8 Å². The Bertz CT molecular complexity index is 1490. The van der Waals surface area contributed by atoms with Gasteiger partial charge in [0, 0.05) is 48.4 Å². The number of rotatable bonds is 6. The number of ether oxygens (including phenoxy) is 2. The van der Waals surface area contributed by atoms with E-state index in [1.54, 1.807) is 35.1 Å². The summed E-state index contributed by atoms with van der Waals surface area (Å²) in [5.74, 6) is 7.95. The molecule has 1 saturated heterocycles. The van der Waals surface area contributed by atoms with Crippen LogP contribution in [0.1, 0.15) is 37.8 Å². The van der Waals surface area contributed by atoms with Crippen molar-refractivity contribution in [2.45, 2.75) is 26.2 Å². The fraction of sp³-hybridized carbons (Fsp3) is 0.357. The molecule has 11 heteroatoms. The number of hydrogen-bond donors (Lipinski definition) is 2. The van der Waals surface area contributed by atoms with Crippen molar-refractivity contribution in [2.24, 2.45) is 0 Å². The Morgan fingerprint density at radius 1 is 1.10 bits per heavy atom. The standard InChI is InChI=1S/C28H31N7O4/c1-28(2,3)24-18-25(33-39-24)32-27(36)31-21-7-4-20(5-8-21)6-9-22-19-29-26-23(10-11-30-35(22)26)38-17-14-34-12-15-37-16-13-34/h4-5,7-8,10-11,18-19H,12-17H2,1-3H3,(H2,31,32,33,36). The zero-order chi connectivity index (χ0) is 27.2. The van der Waals surface area contributed by atoms with Crippen LogP contribution in [0.2, 0.25) is 0 Å². The van der Waals surface area contributed by atoms with E-state index >= 15 is 0 Å². The van der Waals surface area contributed by atoms with Crippen LogP contribution in [0.25, 0.3) is 5.65 Å². The van der Waals surface area contributed by atoms with Crippen LogP contribution in [-0.4, -0.2) is 70.1 Å². The highest BCUT2D eigenvalue weighted by Crippen LogP contribution is 2.24. The highest BCUT2D eigenvalue weighted by molar-refractivity contribution is 5.99. The van der Waals surface area contributed by atoms with Crippen molar-refractivity contribution in [2.75, 3.05) is 50.1 Å². The average molecular weight is 530 g/mol. The van der Waals surface area contributed by atoms with E-state index < -0.39 is 6.03 Å². The molecule has 2 N–H and O–H groups in total. The first-order valence-corrected chi connectivity index (χ1v) is 12.8. The van der Waals surface area contributed by atoms with Gasteiger partial charge in [-0.15, -0.1) is 0 Å². The predicted molar refractivity (Wildman–Crippen MR) is 146 cm³/mol. The minimum atomic E-state index is -0.414. The molecule has 0 unspecified atom stereocenters. The average Bonchev–Trinajstić information content (AvgIpc) is 3.57. The first-order chi connectivity index (χ1) is 18.8. The van der Waals surface area contributed by atoms with E-state index in [2.05, 4.69) is 42.6 Å². The molecule has 39 heavy (non-hydrogen) atoms. The third kappa shape index (κ3) is 6.73. The van der Waals surface area contributed by atoms with Gasteiger partial charge in [-0.1, -0.05) is 31.8 Å². The minimum absolute atomic E-state index is 0.196. The molecule has 3 aromatic heterocycles. The topological polar surface area (TPSA) is 119 Å². The number of benzene rings is 1. The third-order valence-corrected chi connectivity index (χ3v) is 6.10. The lowest BCUT2D eigenvalue weighted by Crippen LogP contribution is -2.38. The zero-order valence-electron chi connectivity index (χ0n) is 22.2. The number of anilines is 2. The van der Waals surface area contributed by atoms with Gasteiger partial charge in [0.25, 0.3) is 0 Å². The Labute approximate surface area is 226 Å². The van der Waals surface area contributed by atoms with Crippen molar-refractivity contribution in [1.29, 1.82) is 0 Å². The van der Waals surface area contributed by atoms with Gasteiger partial charge in [-0.3, -0.25) is 10.2 Å². The van der Waals surface area contributed by atoms with Gasteiger partial charge in [-0.25, -0.2) is 14.3 Å². The summed E-state index contributed by atoms with van der Waals surface area (Å²) >= 11 is 0. The summed E-state index contributed by atoms with van der Waals surface area (Å²) in [6.07, 6.45) is 3.36. The van der Waals surface area contributed by atoms with E-state index in [9.17, 15) is 4.79 Å². The molecular formula is C28H31N7O4. The summed E-state index contributed by atoms with van der Waals surface area (Å²) in [5.41, 5.74) is 2.47. The largest absolute Gasteiger partial charge is 0.488 e. The molecule has 202 valence electrons. The van der Waals surface area contributed by atoms with Crippen molar-refractivity contribution in [3.63, 3.8) is 0 Å². The van der Waals surface area contributed by atoms with Gasteiger partial charge in [0.2, 0.25) is 0 Å². The number of carbonyl (C=O) groups excluding carboxylic acids is 1. The van der Waals surface area contributed by atoms with Crippen LogP contribution in [0.3, 0.4) is 0 Å². The summed E-state index contributed by atoms with van der Waals surface area (Å²) in [5, 5.41) is 13.7. The zero-order valence-corrected chi connectivity index (χ0v) is 22.2. The van der Waals surface area contributed by atoms with E-state index in [1.807, 2.05) is 39.0 Å². The number of urea groups is 1. The van der Waals surface area contributed by atoms with Gasteiger partial charge < -0.3 is 19.3 Å². The summed E-state index contributed by atoms with van der Waals surface area (Å²) < 4.78 is 18.4. The Kier molecular flexibility index (Phi) is 7.76. The minimum Gasteiger partial charge on any atom is -0.488 e. The highest BCUT2D eigenvalue weighted by Gasteiger charge is 2.20. The number of morpholine rings is 1. The summed E-state index contributed by atoms with van der Waals surface area (Å²) in [6, 6.07) is 10.3. The number of amides is 2. The molecule has 4 heterocycles.